The van der Waals surface area contributed by atoms with Crippen LogP contribution in [0.25, 0.3) is 0 Å². The summed E-state index contributed by atoms with van der Waals surface area (Å²) < 4.78 is 0. The number of benzene rings is 2. The van der Waals surface area contributed by atoms with E-state index in [2.05, 4.69) is 11.4 Å². The van der Waals surface area contributed by atoms with Gasteiger partial charge in [0, 0.05) is 6.42 Å². The smallest absolute Gasteiger partial charge is 0.326 e. The van der Waals surface area contributed by atoms with Crippen molar-refractivity contribution >= 4 is 11.9 Å². The highest BCUT2D eigenvalue weighted by atomic mass is 16.4. The predicted molar refractivity (Wildman–Crippen MR) is 96.4 cm³/mol. The van der Waals surface area contributed by atoms with Gasteiger partial charge >= 0.3 is 5.97 Å². The third kappa shape index (κ3) is 3.58. The Balaban J connectivity index is 1.81. The highest BCUT2D eigenvalue weighted by Crippen LogP contribution is 2.37. The van der Waals surface area contributed by atoms with Gasteiger partial charge in [0.2, 0.25) is 5.91 Å². The van der Waals surface area contributed by atoms with Crippen LogP contribution in [0.5, 0.6) is 0 Å². The van der Waals surface area contributed by atoms with Gasteiger partial charge < -0.3 is 10.4 Å². The van der Waals surface area contributed by atoms with Crippen LogP contribution in [0.2, 0.25) is 0 Å². The zero-order valence-corrected chi connectivity index (χ0v) is 14.4. The molecule has 2 aromatic rings. The van der Waals surface area contributed by atoms with E-state index in [1.54, 1.807) is 0 Å². The van der Waals surface area contributed by atoms with E-state index in [1.165, 1.54) is 5.56 Å². The maximum atomic E-state index is 13.0. The molecule has 1 amide bonds. The molecule has 130 valence electrons. The lowest BCUT2D eigenvalue weighted by Gasteiger charge is -2.35. The summed E-state index contributed by atoms with van der Waals surface area (Å²) in [7, 11) is 0. The van der Waals surface area contributed by atoms with Crippen molar-refractivity contribution in [2.24, 2.45) is 0 Å². The molecule has 0 fully saturated rings. The van der Waals surface area contributed by atoms with Crippen molar-refractivity contribution in [3.8, 4) is 0 Å². The van der Waals surface area contributed by atoms with Gasteiger partial charge in [0.15, 0.2) is 0 Å². The molecular weight excluding hydrogens is 314 g/mol. The molecule has 0 saturated heterocycles. The van der Waals surface area contributed by atoms with E-state index >= 15 is 0 Å². The Morgan fingerprint density at radius 3 is 2.52 bits per heavy atom. The first kappa shape index (κ1) is 17.2. The Morgan fingerprint density at radius 2 is 1.80 bits per heavy atom. The highest BCUT2D eigenvalue weighted by molar-refractivity contribution is 5.91. The van der Waals surface area contributed by atoms with Gasteiger partial charge in [-0.15, -0.1) is 0 Å². The molecule has 25 heavy (non-hydrogen) atoms. The second kappa shape index (κ2) is 7.09. The minimum Gasteiger partial charge on any atom is -0.480 e. The van der Waals surface area contributed by atoms with Crippen LogP contribution >= 0.6 is 0 Å². The lowest BCUT2D eigenvalue weighted by atomic mass is 9.70. The first-order valence-corrected chi connectivity index (χ1v) is 8.67. The van der Waals surface area contributed by atoms with Gasteiger partial charge in [-0.3, -0.25) is 4.79 Å². The van der Waals surface area contributed by atoms with Crippen molar-refractivity contribution < 1.29 is 14.7 Å². The number of fused-ring (bicyclic) bond motifs is 1. The number of carboxylic acid groups (broad SMARTS) is 1. The van der Waals surface area contributed by atoms with Crippen LogP contribution in [0, 0.1) is 0 Å². The number of carbonyl (C=O) groups is 2. The Hall–Kier alpha value is -2.62. The molecule has 2 aromatic carbocycles. The summed E-state index contributed by atoms with van der Waals surface area (Å²) in [6, 6.07) is 16.4. The van der Waals surface area contributed by atoms with Crippen molar-refractivity contribution in [3.63, 3.8) is 0 Å². The minimum atomic E-state index is -1.01. The number of carboxylic acids is 1. The number of rotatable bonds is 5. The van der Waals surface area contributed by atoms with Gasteiger partial charge in [0.25, 0.3) is 0 Å². The van der Waals surface area contributed by atoms with Crippen LogP contribution in [0.15, 0.2) is 54.6 Å². The average molecular weight is 337 g/mol. The molecule has 0 aromatic heterocycles. The molecule has 1 aliphatic carbocycles. The molecule has 4 nitrogen and oxygen atoms in total. The molecule has 0 radical (unpaired) electrons. The molecule has 0 aliphatic heterocycles. The maximum Gasteiger partial charge on any atom is 0.326 e. The van der Waals surface area contributed by atoms with Crippen LogP contribution in [0.3, 0.4) is 0 Å². The maximum absolute atomic E-state index is 13.0. The topological polar surface area (TPSA) is 66.4 Å². The largest absolute Gasteiger partial charge is 0.480 e. The number of carbonyl (C=O) groups excluding carboxylic acids is 1. The van der Waals surface area contributed by atoms with E-state index in [0.717, 1.165) is 30.4 Å². The SMILES string of the molecule is CC1(C(=O)NC(Cc2ccccc2)C(=O)O)CCCc2ccccc21. The standard InChI is InChI=1S/C21H23NO3/c1-21(13-7-11-16-10-5-6-12-17(16)21)20(25)22-18(19(23)24)14-15-8-3-2-4-9-15/h2-6,8-10,12,18H,7,11,13-14H2,1H3,(H,22,25)(H,23,24). The summed E-state index contributed by atoms with van der Waals surface area (Å²) >= 11 is 0. The van der Waals surface area contributed by atoms with Crippen LogP contribution < -0.4 is 5.32 Å². The van der Waals surface area contributed by atoms with Gasteiger partial charge in [-0.2, -0.15) is 0 Å². The van der Waals surface area contributed by atoms with Crippen molar-refractivity contribution in [3.05, 3.63) is 71.3 Å². The summed E-state index contributed by atoms with van der Waals surface area (Å²) in [5.41, 5.74) is 2.41. The summed E-state index contributed by atoms with van der Waals surface area (Å²) in [4.78, 5) is 24.7. The lowest BCUT2D eigenvalue weighted by Crippen LogP contribution is -2.51. The van der Waals surface area contributed by atoms with E-state index in [9.17, 15) is 14.7 Å². The molecule has 1 aliphatic rings. The fourth-order valence-corrected chi connectivity index (χ4v) is 3.65. The van der Waals surface area contributed by atoms with Gasteiger partial charge in [-0.1, -0.05) is 54.6 Å². The zero-order valence-electron chi connectivity index (χ0n) is 14.4. The molecule has 2 unspecified atom stereocenters. The number of amides is 1. The van der Waals surface area contributed by atoms with Crippen LogP contribution in [-0.4, -0.2) is 23.0 Å². The van der Waals surface area contributed by atoms with Crippen molar-refractivity contribution in [1.82, 2.24) is 5.32 Å². The second-order valence-corrected chi connectivity index (χ2v) is 6.90. The fourth-order valence-electron chi connectivity index (χ4n) is 3.65. The van der Waals surface area contributed by atoms with E-state index in [-0.39, 0.29) is 12.3 Å². The zero-order chi connectivity index (χ0) is 17.9. The Bertz CT molecular complexity index is 772. The summed E-state index contributed by atoms with van der Waals surface area (Å²) in [5.74, 6) is -1.21. The van der Waals surface area contributed by atoms with Crippen molar-refractivity contribution in [2.45, 2.75) is 44.1 Å². The van der Waals surface area contributed by atoms with Gasteiger partial charge in [-0.25, -0.2) is 4.79 Å². The third-order valence-corrected chi connectivity index (χ3v) is 5.12. The second-order valence-electron chi connectivity index (χ2n) is 6.90. The number of hydrogen-bond acceptors (Lipinski definition) is 2. The molecule has 4 heteroatoms. The average Bonchev–Trinajstić information content (AvgIpc) is 2.62. The highest BCUT2D eigenvalue weighted by Gasteiger charge is 2.40. The molecule has 0 saturated carbocycles. The van der Waals surface area contributed by atoms with E-state index in [1.807, 2.05) is 55.5 Å². The Morgan fingerprint density at radius 1 is 1.12 bits per heavy atom. The third-order valence-electron chi connectivity index (χ3n) is 5.12. The molecule has 2 N–H and O–H groups in total. The number of aliphatic carboxylic acids is 1. The van der Waals surface area contributed by atoms with Crippen LogP contribution in [-0.2, 0) is 27.8 Å². The first-order chi connectivity index (χ1) is 12.0. The summed E-state index contributed by atoms with van der Waals surface area (Å²) in [6.45, 7) is 1.92. The van der Waals surface area contributed by atoms with Crippen molar-refractivity contribution in [1.29, 1.82) is 0 Å². The number of nitrogens with one attached hydrogen (secondary N) is 1. The lowest BCUT2D eigenvalue weighted by molar-refractivity contribution is -0.142. The van der Waals surface area contributed by atoms with Gasteiger partial charge in [-0.05, 0) is 42.9 Å². The molecule has 0 bridgehead atoms. The molecular formula is C21H23NO3. The number of aryl methyl sites for hydroxylation is 1. The van der Waals surface area contributed by atoms with Gasteiger partial charge in [0.1, 0.15) is 6.04 Å². The Kier molecular flexibility index (Phi) is 4.88. The van der Waals surface area contributed by atoms with E-state index < -0.39 is 17.4 Å². The predicted octanol–water partition coefficient (Wildman–Crippen LogP) is 3.09. The quantitative estimate of drug-likeness (QED) is 0.881. The minimum absolute atomic E-state index is 0.206. The number of hydrogen-bond donors (Lipinski definition) is 2. The molecule has 3 rings (SSSR count). The van der Waals surface area contributed by atoms with Crippen LogP contribution in [0.1, 0.15) is 36.5 Å². The van der Waals surface area contributed by atoms with Crippen molar-refractivity contribution in [2.75, 3.05) is 0 Å². The van der Waals surface area contributed by atoms with E-state index in [4.69, 9.17) is 0 Å². The molecule has 2 atom stereocenters. The normalized spacial score (nSPS) is 20.4. The van der Waals surface area contributed by atoms with E-state index in [0.29, 0.717) is 0 Å². The fraction of sp³-hybridized carbons (Fsp3) is 0.333. The monoisotopic (exact) mass is 337 g/mol. The Labute approximate surface area is 147 Å². The molecule has 0 spiro atoms. The van der Waals surface area contributed by atoms with Gasteiger partial charge in [0.05, 0.1) is 5.41 Å². The van der Waals surface area contributed by atoms with Crippen LogP contribution in [0.4, 0.5) is 0 Å². The summed E-state index contributed by atoms with van der Waals surface area (Å²) in [6.07, 6.45) is 2.90. The molecule has 0 heterocycles. The first-order valence-electron chi connectivity index (χ1n) is 8.67. The summed E-state index contributed by atoms with van der Waals surface area (Å²) in [5, 5.41) is 12.3.